The molecule has 0 nitrogen and oxygen atoms in total. The lowest BCUT2D eigenvalue weighted by molar-refractivity contribution is 0.191. The van der Waals surface area contributed by atoms with Crippen molar-refractivity contribution in [3.63, 3.8) is 0 Å². The second-order valence-electron chi connectivity index (χ2n) is 11.5. The molecule has 0 N–H and O–H groups in total. The van der Waals surface area contributed by atoms with Crippen LogP contribution >= 0.6 is 27.3 Å². The van der Waals surface area contributed by atoms with Crippen LogP contribution in [0.25, 0.3) is 42.4 Å². The van der Waals surface area contributed by atoms with E-state index in [0.717, 1.165) is 28.1 Å². The molecule has 0 radical (unpaired) electrons. The van der Waals surface area contributed by atoms with Gasteiger partial charge in [-0.15, -0.1) is 11.3 Å². The number of fused-ring (bicyclic) bond motifs is 6. The molecule has 5 unspecified atom stereocenters. The normalized spacial score (nSPS) is 29.5. The molecule has 10 rings (SSSR count). The van der Waals surface area contributed by atoms with Gasteiger partial charge in [0.05, 0.1) is 0 Å². The monoisotopic (exact) mass is 532 g/mol. The molecule has 35 heavy (non-hydrogen) atoms. The Morgan fingerprint density at radius 2 is 1.46 bits per heavy atom. The van der Waals surface area contributed by atoms with Crippen LogP contribution in [0, 0.1) is 23.7 Å². The topological polar surface area (TPSA) is 0 Å². The molecular weight excluding hydrogens is 508 g/mol. The summed E-state index contributed by atoms with van der Waals surface area (Å²) in [5.74, 6) is 3.65. The van der Waals surface area contributed by atoms with Crippen LogP contribution in [0.3, 0.4) is 0 Å². The van der Waals surface area contributed by atoms with Crippen LogP contribution < -0.4 is 0 Å². The zero-order valence-corrected chi connectivity index (χ0v) is 21.8. The van der Waals surface area contributed by atoms with Crippen molar-refractivity contribution in [2.24, 2.45) is 23.7 Å². The quantitative estimate of drug-likeness (QED) is 0.201. The first-order valence-corrected chi connectivity index (χ1v) is 14.7. The van der Waals surface area contributed by atoms with E-state index in [2.05, 4.69) is 94.8 Å². The highest BCUT2D eigenvalue weighted by atomic mass is 79.9. The predicted molar refractivity (Wildman–Crippen MR) is 151 cm³/mol. The molecule has 0 saturated heterocycles. The summed E-state index contributed by atoms with van der Waals surface area (Å²) in [6.45, 7) is 0. The lowest BCUT2D eigenvalue weighted by Gasteiger charge is -2.43. The van der Waals surface area contributed by atoms with Crippen molar-refractivity contribution in [1.29, 1.82) is 0 Å². The van der Waals surface area contributed by atoms with Gasteiger partial charge in [-0.3, -0.25) is 0 Å². The van der Waals surface area contributed by atoms with Crippen LogP contribution in [0.1, 0.15) is 36.8 Å². The van der Waals surface area contributed by atoms with E-state index in [1.54, 1.807) is 11.1 Å². The fourth-order valence-corrected chi connectivity index (χ4v) is 10.8. The van der Waals surface area contributed by atoms with Crippen LogP contribution in [0.15, 0.2) is 83.3 Å². The summed E-state index contributed by atoms with van der Waals surface area (Å²) in [6, 6.07) is 30.6. The molecule has 1 spiro atoms. The molecule has 5 aliphatic rings. The van der Waals surface area contributed by atoms with E-state index < -0.39 is 0 Å². The Kier molecular flexibility index (Phi) is 3.76. The van der Waals surface area contributed by atoms with Crippen LogP contribution in [-0.4, -0.2) is 0 Å². The first-order chi connectivity index (χ1) is 17.2. The van der Waals surface area contributed by atoms with Crippen molar-refractivity contribution >= 4 is 47.4 Å². The van der Waals surface area contributed by atoms with Crippen LogP contribution in [0.2, 0.25) is 0 Å². The fourth-order valence-electron chi connectivity index (χ4n) is 9.09. The molecule has 1 aromatic heterocycles. The second kappa shape index (κ2) is 6.66. The van der Waals surface area contributed by atoms with E-state index in [1.165, 1.54) is 68.1 Å². The third kappa shape index (κ3) is 2.39. The molecule has 5 aliphatic carbocycles. The summed E-state index contributed by atoms with van der Waals surface area (Å²) < 4.78 is 3.87. The van der Waals surface area contributed by atoms with Gasteiger partial charge >= 0.3 is 0 Å². The molecule has 1 heterocycles. The summed E-state index contributed by atoms with van der Waals surface area (Å²) in [5.41, 5.74) is 9.28. The molecule has 4 bridgehead atoms. The van der Waals surface area contributed by atoms with Crippen LogP contribution in [-0.2, 0) is 5.41 Å². The number of hydrogen-bond donors (Lipinski definition) is 0. The van der Waals surface area contributed by atoms with E-state index in [0.29, 0.717) is 0 Å². The number of rotatable bonds is 1. The minimum absolute atomic E-state index is 0.283. The average Bonchev–Trinajstić information content (AvgIpc) is 3.54. The molecule has 0 aliphatic heterocycles. The molecule has 2 heteroatoms. The summed E-state index contributed by atoms with van der Waals surface area (Å²) in [7, 11) is 0. The number of halogens is 1. The second-order valence-corrected chi connectivity index (χ2v) is 13.5. The third-order valence-electron chi connectivity index (χ3n) is 10.1. The SMILES string of the molecule is Brc1ccc2c(c1)sc1cc(-c3ccc4c(c3)-c3ccccc3C43C4CC5CC(C4)C3C5)ccc12. The van der Waals surface area contributed by atoms with Gasteiger partial charge in [-0.05, 0) is 107 Å². The van der Waals surface area contributed by atoms with Crippen molar-refractivity contribution in [3.8, 4) is 22.3 Å². The zero-order chi connectivity index (χ0) is 22.9. The minimum atomic E-state index is 0.283. The number of benzene rings is 4. The Bertz CT molecular complexity index is 1710. The van der Waals surface area contributed by atoms with Gasteiger partial charge in [0.1, 0.15) is 0 Å². The maximum absolute atomic E-state index is 3.64. The first kappa shape index (κ1) is 19.7. The summed E-state index contributed by atoms with van der Waals surface area (Å²) >= 11 is 5.54. The molecule has 170 valence electrons. The van der Waals surface area contributed by atoms with Gasteiger partial charge in [0.15, 0.2) is 0 Å². The van der Waals surface area contributed by atoms with Gasteiger partial charge in [-0.25, -0.2) is 0 Å². The summed E-state index contributed by atoms with van der Waals surface area (Å²) in [5, 5.41) is 2.72. The fraction of sp³-hybridized carbons (Fsp3) is 0.273. The van der Waals surface area contributed by atoms with Crippen LogP contribution in [0.4, 0.5) is 0 Å². The third-order valence-corrected chi connectivity index (χ3v) is 11.7. The Balaban J connectivity index is 1.24. The van der Waals surface area contributed by atoms with Crippen LogP contribution in [0.5, 0.6) is 0 Å². The van der Waals surface area contributed by atoms with Crippen molar-refractivity contribution in [1.82, 2.24) is 0 Å². The average molecular weight is 534 g/mol. The molecular formula is C33H25BrS. The van der Waals surface area contributed by atoms with Gasteiger partial charge in [0.25, 0.3) is 0 Å². The largest absolute Gasteiger partial charge is 0.135 e. The molecule has 4 aromatic carbocycles. The van der Waals surface area contributed by atoms with E-state index in [9.17, 15) is 0 Å². The molecule has 5 aromatic rings. The Morgan fingerprint density at radius 1 is 0.686 bits per heavy atom. The zero-order valence-electron chi connectivity index (χ0n) is 19.4. The van der Waals surface area contributed by atoms with Gasteiger partial charge < -0.3 is 0 Å². The maximum Gasteiger partial charge on any atom is 0.0366 e. The van der Waals surface area contributed by atoms with Crippen molar-refractivity contribution in [2.75, 3.05) is 0 Å². The molecule has 4 fully saturated rings. The van der Waals surface area contributed by atoms with E-state index in [-0.39, 0.29) is 5.41 Å². The minimum Gasteiger partial charge on any atom is -0.135 e. The number of thiophene rings is 1. The van der Waals surface area contributed by atoms with E-state index >= 15 is 0 Å². The molecule has 0 amide bonds. The molecule has 5 atom stereocenters. The number of hydrogen-bond acceptors (Lipinski definition) is 1. The van der Waals surface area contributed by atoms with Crippen molar-refractivity contribution in [3.05, 3.63) is 94.5 Å². The lowest BCUT2D eigenvalue weighted by atomic mass is 9.59. The lowest BCUT2D eigenvalue weighted by Crippen LogP contribution is -2.40. The highest BCUT2D eigenvalue weighted by Crippen LogP contribution is 2.72. The van der Waals surface area contributed by atoms with Gasteiger partial charge in [-0.2, -0.15) is 0 Å². The van der Waals surface area contributed by atoms with E-state index in [4.69, 9.17) is 0 Å². The van der Waals surface area contributed by atoms with Crippen molar-refractivity contribution < 1.29 is 0 Å². The van der Waals surface area contributed by atoms with E-state index in [1.807, 2.05) is 11.3 Å². The smallest absolute Gasteiger partial charge is 0.0366 e. The maximum atomic E-state index is 3.64. The molecule has 4 saturated carbocycles. The highest BCUT2D eigenvalue weighted by Gasteiger charge is 2.65. The highest BCUT2D eigenvalue weighted by molar-refractivity contribution is 9.10. The Morgan fingerprint density at radius 3 is 2.37 bits per heavy atom. The Labute approximate surface area is 218 Å². The summed E-state index contributed by atoms with van der Waals surface area (Å²) in [6.07, 6.45) is 5.84. The van der Waals surface area contributed by atoms with Gasteiger partial charge in [0.2, 0.25) is 0 Å². The predicted octanol–water partition coefficient (Wildman–Crippen LogP) is 9.82. The van der Waals surface area contributed by atoms with Gasteiger partial charge in [-0.1, -0.05) is 70.5 Å². The summed E-state index contributed by atoms with van der Waals surface area (Å²) in [4.78, 5) is 0. The first-order valence-electron chi connectivity index (χ1n) is 13.1. The van der Waals surface area contributed by atoms with Gasteiger partial charge in [0, 0.05) is 30.1 Å². The Hall–Kier alpha value is -2.42. The van der Waals surface area contributed by atoms with Crippen molar-refractivity contribution in [2.45, 2.75) is 31.1 Å². The standard InChI is InChI=1S/C33H25BrS/c34-23-7-9-26-25-8-5-20(16-31(25)35-32(26)17-23)19-6-10-29-27(15-19)24-3-1-2-4-28(24)33(29)22-12-18-11-21(14-22)30(33)13-18/h1-10,15-18,21-22,30H,11-14H2.